The molecule has 0 saturated carbocycles. The number of nitrogens with zero attached hydrogens (tertiary/aromatic N) is 1. The van der Waals surface area contributed by atoms with Gasteiger partial charge in [-0.1, -0.05) is 0 Å². The minimum Gasteiger partial charge on any atom is -0.302 e. The Labute approximate surface area is 103 Å². The van der Waals surface area contributed by atoms with Gasteiger partial charge < -0.3 is 5.32 Å². The quantitative estimate of drug-likeness (QED) is 0.544. The highest BCUT2D eigenvalue weighted by Crippen LogP contribution is 2.30. The molecule has 5 nitrogen and oxygen atoms in total. The van der Waals surface area contributed by atoms with Crippen LogP contribution in [0.1, 0.15) is 32.1 Å². The van der Waals surface area contributed by atoms with Crippen molar-refractivity contribution in [3.05, 3.63) is 0 Å². The first kappa shape index (κ1) is 13.3. The van der Waals surface area contributed by atoms with Gasteiger partial charge in [0.1, 0.15) is 0 Å². The topological polar surface area (TPSA) is 69.6 Å². The number of nitrogens with one attached hydrogen (secondary N) is 1. The van der Waals surface area contributed by atoms with Crippen molar-refractivity contribution in [2.24, 2.45) is 5.92 Å². The lowest BCUT2D eigenvalue weighted by Gasteiger charge is -2.45. The molecule has 0 aromatic rings. The Morgan fingerprint density at radius 2 is 1.94 bits per heavy atom. The highest BCUT2D eigenvalue weighted by molar-refractivity contribution is 7.85. The van der Waals surface area contributed by atoms with Gasteiger partial charge >= 0.3 is 0 Å². The van der Waals surface area contributed by atoms with Gasteiger partial charge in [-0.25, -0.2) is 0 Å². The third kappa shape index (κ3) is 4.21. The minimum absolute atomic E-state index is 0.119. The maximum Gasteiger partial charge on any atom is 0.264 e. The minimum atomic E-state index is -3.78. The van der Waals surface area contributed by atoms with Crippen molar-refractivity contribution in [3.8, 4) is 0 Å². The SMILES string of the molecule is O=S(=O)(O)CCCCNC1CC2CCN1CC2. The Bertz CT molecular complexity index is 337. The lowest BCUT2D eigenvalue weighted by atomic mass is 9.86. The zero-order valence-corrected chi connectivity index (χ0v) is 11.0. The average molecular weight is 262 g/mol. The van der Waals surface area contributed by atoms with E-state index < -0.39 is 10.1 Å². The molecule has 0 radical (unpaired) electrons. The number of piperidine rings is 3. The molecule has 0 aromatic carbocycles. The average Bonchev–Trinajstić information content (AvgIpc) is 2.29. The predicted molar refractivity (Wildman–Crippen MR) is 66.4 cm³/mol. The van der Waals surface area contributed by atoms with Crippen LogP contribution in [0, 0.1) is 5.92 Å². The number of rotatable bonds is 6. The van der Waals surface area contributed by atoms with Gasteiger partial charge in [-0.05, 0) is 57.7 Å². The van der Waals surface area contributed by atoms with Gasteiger partial charge in [0.2, 0.25) is 0 Å². The van der Waals surface area contributed by atoms with Crippen molar-refractivity contribution < 1.29 is 13.0 Å². The lowest BCUT2D eigenvalue weighted by molar-refractivity contribution is 0.0314. The van der Waals surface area contributed by atoms with E-state index in [-0.39, 0.29) is 5.75 Å². The molecular weight excluding hydrogens is 240 g/mol. The predicted octanol–water partition coefficient (Wildman–Crippen LogP) is 0.686. The summed E-state index contributed by atoms with van der Waals surface area (Å²) in [6.45, 7) is 3.24. The molecule has 17 heavy (non-hydrogen) atoms. The fourth-order valence-corrected chi connectivity index (χ4v) is 3.42. The Hall–Kier alpha value is -0.170. The van der Waals surface area contributed by atoms with Crippen molar-refractivity contribution in [2.75, 3.05) is 25.4 Å². The summed E-state index contributed by atoms with van der Waals surface area (Å²) < 4.78 is 29.6. The summed E-state index contributed by atoms with van der Waals surface area (Å²) in [6.07, 6.45) is 5.73. The summed E-state index contributed by atoms with van der Waals surface area (Å²) in [5, 5.41) is 3.49. The molecule has 100 valence electrons. The van der Waals surface area contributed by atoms with Crippen LogP contribution < -0.4 is 5.32 Å². The molecule has 3 fully saturated rings. The monoisotopic (exact) mass is 262 g/mol. The second kappa shape index (κ2) is 5.65. The van der Waals surface area contributed by atoms with Gasteiger partial charge in [-0.15, -0.1) is 0 Å². The first-order valence-electron chi connectivity index (χ1n) is 6.47. The van der Waals surface area contributed by atoms with Crippen molar-refractivity contribution in [3.63, 3.8) is 0 Å². The molecule has 0 aromatic heterocycles. The van der Waals surface area contributed by atoms with Crippen LogP contribution in [-0.4, -0.2) is 49.4 Å². The van der Waals surface area contributed by atoms with Gasteiger partial charge in [-0.2, -0.15) is 8.42 Å². The van der Waals surface area contributed by atoms with Crippen LogP contribution in [-0.2, 0) is 10.1 Å². The Morgan fingerprint density at radius 3 is 2.47 bits per heavy atom. The van der Waals surface area contributed by atoms with E-state index in [4.69, 9.17) is 4.55 Å². The highest BCUT2D eigenvalue weighted by atomic mass is 32.2. The van der Waals surface area contributed by atoms with E-state index in [9.17, 15) is 8.42 Å². The van der Waals surface area contributed by atoms with E-state index in [1.807, 2.05) is 0 Å². The first-order chi connectivity index (χ1) is 8.04. The van der Waals surface area contributed by atoms with E-state index in [2.05, 4.69) is 10.2 Å². The molecule has 3 heterocycles. The molecule has 0 amide bonds. The smallest absolute Gasteiger partial charge is 0.264 e. The standard InChI is InChI=1S/C11H22N2O3S/c14-17(15,16)8-2-1-5-12-11-9-10-3-6-13(11)7-4-10/h10-12H,1-9H2,(H,14,15,16). The normalized spacial score (nSPS) is 32.9. The van der Waals surface area contributed by atoms with Gasteiger partial charge in [0.05, 0.1) is 11.9 Å². The Kier molecular flexibility index (Phi) is 4.41. The van der Waals surface area contributed by atoms with Crippen LogP contribution in [0.25, 0.3) is 0 Å². The number of hydrogen-bond acceptors (Lipinski definition) is 4. The molecular formula is C11H22N2O3S. The van der Waals surface area contributed by atoms with Crippen molar-refractivity contribution in [1.82, 2.24) is 10.2 Å². The van der Waals surface area contributed by atoms with E-state index in [1.165, 1.54) is 32.4 Å². The van der Waals surface area contributed by atoms with Gasteiger partial charge in [0.25, 0.3) is 10.1 Å². The summed E-state index contributed by atoms with van der Waals surface area (Å²) >= 11 is 0. The van der Waals surface area contributed by atoms with Crippen LogP contribution in [0.3, 0.4) is 0 Å². The molecule has 0 aliphatic carbocycles. The highest BCUT2D eigenvalue weighted by Gasteiger charge is 2.32. The van der Waals surface area contributed by atoms with Crippen molar-refractivity contribution in [1.29, 1.82) is 0 Å². The summed E-state index contributed by atoms with van der Waals surface area (Å²) in [5.74, 6) is 0.765. The molecule has 3 saturated heterocycles. The molecule has 1 unspecified atom stereocenters. The molecule has 6 heteroatoms. The molecule has 2 N–H and O–H groups in total. The molecule has 0 spiro atoms. The molecule has 3 aliphatic heterocycles. The maximum atomic E-state index is 10.5. The Balaban J connectivity index is 1.60. The van der Waals surface area contributed by atoms with E-state index in [1.54, 1.807) is 0 Å². The molecule has 3 aliphatic rings. The van der Waals surface area contributed by atoms with E-state index >= 15 is 0 Å². The molecule has 2 bridgehead atoms. The third-order valence-electron chi connectivity index (χ3n) is 3.86. The van der Waals surface area contributed by atoms with Gasteiger partial charge in [-0.3, -0.25) is 9.45 Å². The van der Waals surface area contributed by atoms with Crippen LogP contribution in [0.5, 0.6) is 0 Å². The second-order valence-electron chi connectivity index (χ2n) is 5.18. The summed E-state index contributed by atoms with van der Waals surface area (Å²) in [7, 11) is -3.78. The summed E-state index contributed by atoms with van der Waals surface area (Å²) in [4.78, 5) is 2.49. The number of hydrogen-bond donors (Lipinski definition) is 2. The lowest BCUT2D eigenvalue weighted by Crippen LogP contribution is -2.55. The largest absolute Gasteiger partial charge is 0.302 e. The number of unbranched alkanes of at least 4 members (excludes halogenated alkanes) is 1. The maximum absolute atomic E-state index is 10.5. The number of fused-ring (bicyclic) bond motifs is 3. The zero-order chi connectivity index (χ0) is 12.3. The van der Waals surface area contributed by atoms with Crippen LogP contribution in [0.15, 0.2) is 0 Å². The molecule has 3 rings (SSSR count). The van der Waals surface area contributed by atoms with Gasteiger partial charge in [0, 0.05) is 0 Å². The first-order valence-corrected chi connectivity index (χ1v) is 8.08. The van der Waals surface area contributed by atoms with Crippen LogP contribution in [0.2, 0.25) is 0 Å². The summed E-state index contributed by atoms with van der Waals surface area (Å²) in [5.41, 5.74) is 0. The van der Waals surface area contributed by atoms with Crippen LogP contribution >= 0.6 is 0 Å². The van der Waals surface area contributed by atoms with Crippen molar-refractivity contribution >= 4 is 10.1 Å². The zero-order valence-electron chi connectivity index (χ0n) is 10.1. The fourth-order valence-electron chi connectivity index (χ4n) is 2.86. The molecule has 1 atom stereocenters. The summed E-state index contributed by atoms with van der Waals surface area (Å²) in [6, 6.07) is 0. The second-order valence-corrected chi connectivity index (χ2v) is 6.75. The van der Waals surface area contributed by atoms with Crippen LogP contribution in [0.4, 0.5) is 0 Å². The third-order valence-corrected chi connectivity index (χ3v) is 4.66. The van der Waals surface area contributed by atoms with E-state index in [0.717, 1.165) is 18.9 Å². The van der Waals surface area contributed by atoms with Gasteiger partial charge in [0.15, 0.2) is 0 Å². The van der Waals surface area contributed by atoms with Crippen molar-refractivity contribution in [2.45, 2.75) is 38.3 Å². The van der Waals surface area contributed by atoms with E-state index in [0.29, 0.717) is 12.6 Å². The Morgan fingerprint density at radius 1 is 1.24 bits per heavy atom. The fraction of sp³-hybridized carbons (Fsp3) is 1.00.